The predicted octanol–water partition coefficient (Wildman–Crippen LogP) is 2.62. The Hall–Kier alpha value is -0.530. The molecule has 1 atom stereocenters. The molecule has 1 nitrogen and oxygen atoms in total. The second-order valence-electron chi connectivity index (χ2n) is 3.14. The normalized spacial score (nSPS) is 12.9. The summed E-state index contributed by atoms with van der Waals surface area (Å²) in [6.45, 7) is 2.02. The molecule has 0 saturated heterocycles. The van der Waals surface area contributed by atoms with Crippen molar-refractivity contribution >= 4 is 11.6 Å². The molecule has 0 aromatic heterocycles. The van der Waals surface area contributed by atoms with E-state index in [1.807, 2.05) is 31.2 Å². The first-order valence-corrected chi connectivity index (χ1v) is 4.56. The summed E-state index contributed by atoms with van der Waals surface area (Å²) in [5.41, 5.74) is 6.95. The van der Waals surface area contributed by atoms with Crippen LogP contribution in [0.3, 0.4) is 0 Å². The zero-order valence-corrected chi connectivity index (χ0v) is 8.01. The highest BCUT2D eigenvalue weighted by atomic mass is 35.5. The van der Waals surface area contributed by atoms with Crippen molar-refractivity contribution in [1.82, 2.24) is 0 Å². The molecule has 0 aliphatic heterocycles. The lowest BCUT2D eigenvalue weighted by molar-refractivity contribution is 0.666. The van der Waals surface area contributed by atoms with Gasteiger partial charge in [0.1, 0.15) is 0 Å². The van der Waals surface area contributed by atoms with Gasteiger partial charge in [0, 0.05) is 11.1 Å². The van der Waals surface area contributed by atoms with Gasteiger partial charge in [-0.1, -0.05) is 23.7 Å². The van der Waals surface area contributed by atoms with Crippen LogP contribution in [-0.4, -0.2) is 6.04 Å². The smallest absolute Gasteiger partial charge is 0.0406 e. The first kappa shape index (κ1) is 9.56. The van der Waals surface area contributed by atoms with Crippen LogP contribution < -0.4 is 5.73 Å². The number of rotatable bonds is 3. The molecule has 0 fully saturated rings. The fourth-order valence-corrected chi connectivity index (χ4v) is 1.17. The molecule has 0 aliphatic carbocycles. The number of hydrogen-bond donors (Lipinski definition) is 1. The average molecular weight is 184 g/mol. The van der Waals surface area contributed by atoms with E-state index in [1.165, 1.54) is 5.56 Å². The highest BCUT2D eigenvalue weighted by Gasteiger charge is 1.96. The standard InChI is InChI=1S/C10H14ClN/c1-8(12)2-3-9-4-6-10(11)7-5-9/h4-8H,2-3,12H2,1H3/t8-/m0/s1. The Balaban J connectivity index is 2.48. The van der Waals surface area contributed by atoms with Crippen LogP contribution in [0.2, 0.25) is 5.02 Å². The van der Waals surface area contributed by atoms with Crippen molar-refractivity contribution in [3.8, 4) is 0 Å². The molecule has 2 heteroatoms. The Morgan fingerprint density at radius 1 is 1.33 bits per heavy atom. The third-order valence-corrected chi connectivity index (χ3v) is 2.05. The van der Waals surface area contributed by atoms with Crippen molar-refractivity contribution in [1.29, 1.82) is 0 Å². The SMILES string of the molecule is C[C@H](N)CCc1ccc(Cl)cc1. The van der Waals surface area contributed by atoms with Crippen molar-refractivity contribution in [3.05, 3.63) is 34.9 Å². The number of nitrogens with two attached hydrogens (primary N) is 1. The maximum Gasteiger partial charge on any atom is 0.0406 e. The summed E-state index contributed by atoms with van der Waals surface area (Å²) in [6, 6.07) is 8.20. The molecule has 0 heterocycles. The van der Waals surface area contributed by atoms with Crippen molar-refractivity contribution in [2.45, 2.75) is 25.8 Å². The zero-order valence-electron chi connectivity index (χ0n) is 7.26. The third kappa shape index (κ3) is 3.24. The van der Waals surface area contributed by atoms with E-state index >= 15 is 0 Å². The largest absolute Gasteiger partial charge is 0.328 e. The summed E-state index contributed by atoms with van der Waals surface area (Å²) in [6.07, 6.45) is 2.07. The predicted molar refractivity (Wildman–Crippen MR) is 53.4 cm³/mol. The minimum Gasteiger partial charge on any atom is -0.328 e. The van der Waals surface area contributed by atoms with Crippen LogP contribution in [0.1, 0.15) is 18.9 Å². The van der Waals surface area contributed by atoms with Gasteiger partial charge in [-0.15, -0.1) is 0 Å². The first-order chi connectivity index (χ1) is 5.68. The van der Waals surface area contributed by atoms with Gasteiger partial charge in [-0.05, 0) is 37.5 Å². The Morgan fingerprint density at radius 3 is 2.42 bits per heavy atom. The summed E-state index contributed by atoms with van der Waals surface area (Å²) in [4.78, 5) is 0. The van der Waals surface area contributed by atoms with Crippen LogP contribution in [0.15, 0.2) is 24.3 Å². The lowest BCUT2D eigenvalue weighted by Gasteiger charge is -2.04. The van der Waals surface area contributed by atoms with Crippen molar-refractivity contribution in [2.75, 3.05) is 0 Å². The van der Waals surface area contributed by atoms with E-state index in [4.69, 9.17) is 17.3 Å². The molecular weight excluding hydrogens is 170 g/mol. The van der Waals surface area contributed by atoms with E-state index in [1.54, 1.807) is 0 Å². The van der Waals surface area contributed by atoms with E-state index < -0.39 is 0 Å². The van der Waals surface area contributed by atoms with E-state index in [9.17, 15) is 0 Å². The van der Waals surface area contributed by atoms with Crippen LogP contribution in [0.25, 0.3) is 0 Å². The van der Waals surface area contributed by atoms with Gasteiger partial charge < -0.3 is 5.73 Å². The van der Waals surface area contributed by atoms with Crippen LogP contribution in [0, 0.1) is 0 Å². The van der Waals surface area contributed by atoms with Gasteiger partial charge in [0.2, 0.25) is 0 Å². The Kier molecular flexibility index (Phi) is 3.57. The van der Waals surface area contributed by atoms with Crippen LogP contribution in [-0.2, 0) is 6.42 Å². The zero-order chi connectivity index (χ0) is 8.97. The van der Waals surface area contributed by atoms with Crippen molar-refractivity contribution in [3.63, 3.8) is 0 Å². The molecule has 1 aromatic carbocycles. The molecule has 1 rings (SSSR count). The second-order valence-corrected chi connectivity index (χ2v) is 3.58. The number of aryl methyl sites for hydroxylation is 1. The Bertz CT molecular complexity index is 228. The van der Waals surface area contributed by atoms with Gasteiger partial charge in [0.05, 0.1) is 0 Å². The van der Waals surface area contributed by atoms with Gasteiger partial charge >= 0.3 is 0 Å². The van der Waals surface area contributed by atoms with Gasteiger partial charge in [-0.2, -0.15) is 0 Å². The van der Waals surface area contributed by atoms with Gasteiger partial charge in [-0.3, -0.25) is 0 Å². The lowest BCUT2D eigenvalue weighted by atomic mass is 10.1. The fourth-order valence-electron chi connectivity index (χ4n) is 1.05. The molecule has 0 amide bonds. The maximum absolute atomic E-state index is 5.75. The molecule has 0 saturated carbocycles. The molecule has 12 heavy (non-hydrogen) atoms. The summed E-state index contributed by atoms with van der Waals surface area (Å²) in [5.74, 6) is 0. The quantitative estimate of drug-likeness (QED) is 0.766. The van der Waals surface area contributed by atoms with Crippen molar-refractivity contribution < 1.29 is 0 Å². The molecule has 0 radical (unpaired) electrons. The molecule has 66 valence electrons. The Morgan fingerprint density at radius 2 is 1.92 bits per heavy atom. The molecule has 0 spiro atoms. The maximum atomic E-state index is 5.75. The van der Waals surface area contributed by atoms with Gasteiger partial charge in [0.25, 0.3) is 0 Å². The average Bonchev–Trinajstić information content (AvgIpc) is 2.03. The topological polar surface area (TPSA) is 26.0 Å². The minimum atomic E-state index is 0.278. The second kappa shape index (κ2) is 4.48. The Labute approximate surface area is 78.5 Å². The molecule has 2 N–H and O–H groups in total. The van der Waals surface area contributed by atoms with Crippen LogP contribution >= 0.6 is 11.6 Å². The number of hydrogen-bond acceptors (Lipinski definition) is 1. The lowest BCUT2D eigenvalue weighted by Crippen LogP contribution is -2.15. The monoisotopic (exact) mass is 183 g/mol. The summed E-state index contributed by atoms with van der Waals surface area (Å²) in [7, 11) is 0. The molecule has 1 aromatic rings. The minimum absolute atomic E-state index is 0.278. The number of halogens is 1. The molecule has 0 bridgehead atoms. The molecule has 0 aliphatic rings. The number of benzene rings is 1. The van der Waals surface area contributed by atoms with Crippen LogP contribution in [0.5, 0.6) is 0 Å². The van der Waals surface area contributed by atoms with Crippen molar-refractivity contribution in [2.24, 2.45) is 5.73 Å². The van der Waals surface area contributed by atoms with E-state index in [0.29, 0.717) is 0 Å². The molecule has 0 unspecified atom stereocenters. The summed E-state index contributed by atoms with van der Waals surface area (Å²) < 4.78 is 0. The van der Waals surface area contributed by atoms with E-state index in [2.05, 4.69) is 0 Å². The van der Waals surface area contributed by atoms with Gasteiger partial charge in [-0.25, -0.2) is 0 Å². The summed E-state index contributed by atoms with van der Waals surface area (Å²) in [5, 5.41) is 0.791. The van der Waals surface area contributed by atoms with Gasteiger partial charge in [0.15, 0.2) is 0 Å². The van der Waals surface area contributed by atoms with Crippen LogP contribution in [0.4, 0.5) is 0 Å². The molecular formula is C10H14ClN. The third-order valence-electron chi connectivity index (χ3n) is 1.80. The highest BCUT2D eigenvalue weighted by Crippen LogP contribution is 2.11. The fraction of sp³-hybridized carbons (Fsp3) is 0.400. The van der Waals surface area contributed by atoms with E-state index in [0.717, 1.165) is 17.9 Å². The van der Waals surface area contributed by atoms with E-state index in [-0.39, 0.29) is 6.04 Å². The summed E-state index contributed by atoms with van der Waals surface area (Å²) >= 11 is 5.75. The first-order valence-electron chi connectivity index (χ1n) is 4.18. The highest BCUT2D eigenvalue weighted by molar-refractivity contribution is 6.30.